The van der Waals surface area contributed by atoms with E-state index in [1.54, 1.807) is 4.40 Å². The largest absolute Gasteiger partial charge is 0.390 e. The van der Waals surface area contributed by atoms with E-state index in [0.717, 1.165) is 17.1 Å². The summed E-state index contributed by atoms with van der Waals surface area (Å²) in [5.74, 6) is -1.77. The molecule has 0 saturated carbocycles. The minimum absolute atomic E-state index is 0.163. The van der Waals surface area contributed by atoms with Gasteiger partial charge in [0.2, 0.25) is 0 Å². The molecule has 1 N–H and O–H groups in total. The van der Waals surface area contributed by atoms with Crippen molar-refractivity contribution in [1.82, 2.24) is 9.38 Å². The Morgan fingerprint density at radius 3 is 2.89 bits per heavy atom. The van der Waals surface area contributed by atoms with E-state index in [1.165, 1.54) is 29.2 Å². The highest BCUT2D eigenvalue weighted by molar-refractivity contribution is 7.99. The maximum absolute atomic E-state index is 13.1. The Morgan fingerprint density at radius 2 is 2.16 bits per heavy atom. The van der Waals surface area contributed by atoms with Gasteiger partial charge in [-0.3, -0.25) is 4.40 Å². The molecule has 0 aliphatic rings. The van der Waals surface area contributed by atoms with Crippen molar-refractivity contribution in [2.24, 2.45) is 0 Å². The number of aromatic nitrogens is 2. The van der Waals surface area contributed by atoms with Crippen LogP contribution in [0.3, 0.4) is 0 Å². The van der Waals surface area contributed by atoms with E-state index < -0.39 is 11.6 Å². The highest BCUT2D eigenvalue weighted by Gasteiger charge is 2.14. The number of nitrogens with zero attached hydrogens (tertiary/aromatic N) is 2. The first-order chi connectivity index (χ1) is 9.19. The van der Waals surface area contributed by atoms with E-state index >= 15 is 0 Å². The molecule has 1 aromatic carbocycles. The van der Waals surface area contributed by atoms with Crippen LogP contribution in [0.2, 0.25) is 0 Å². The summed E-state index contributed by atoms with van der Waals surface area (Å²) in [4.78, 5) is 5.66. The maximum atomic E-state index is 13.1. The number of imidazole rings is 1. The van der Waals surface area contributed by atoms with Gasteiger partial charge in [-0.05, 0) is 18.2 Å². The van der Waals surface area contributed by atoms with Crippen LogP contribution in [0.15, 0.2) is 39.7 Å². The fourth-order valence-electron chi connectivity index (χ4n) is 1.69. The van der Waals surface area contributed by atoms with Gasteiger partial charge in [-0.15, -0.1) is 11.3 Å². The predicted octanol–water partition coefficient (Wildman–Crippen LogP) is 3.32. The van der Waals surface area contributed by atoms with Gasteiger partial charge in [-0.25, -0.2) is 13.8 Å². The fraction of sp³-hybridized carbons (Fsp3) is 0.0833. The molecule has 2 heterocycles. The van der Waals surface area contributed by atoms with E-state index in [-0.39, 0.29) is 6.61 Å². The first-order valence-electron chi connectivity index (χ1n) is 5.37. The molecule has 0 aliphatic carbocycles. The van der Waals surface area contributed by atoms with Crippen molar-refractivity contribution in [3.63, 3.8) is 0 Å². The molecule has 0 bridgehead atoms. The van der Waals surface area contributed by atoms with E-state index in [9.17, 15) is 13.9 Å². The molecular formula is C12H8F2N2OS2. The van der Waals surface area contributed by atoms with Crippen molar-refractivity contribution in [2.75, 3.05) is 0 Å². The second kappa shape index (κ2) is 4.92. The highest BCUT2D eigenvalue weighted by Crippen LogP contribution is 2.32. The molecule has 98 valence electrons. The Labute approximate surface area is 115 Å². The number of thiazole rings is 1. The van der Waals surface area contributed by atoms with E-state index in [0.29, 0.717) is 15.6 Å². The first-order valence-corrected chi connectivity index (χ1v) is 7.07. The topological polar surface area (TPSA) is 37.5 Å². The normalized spacial score (nSPS) is 11.3. The second-order valence-electron chi connectivity index (χ2n) is 3.76. The molecule has 0 atom stereocenters. The van der Waals surface area contributed by atoms with Crippen molar-refractivity contribution in [3.05, 3.63) is 47.1 Å². The zero-order chi connectivity index (χ0) is 13.4. The number of aliphatic hydroxyl groups excluding tert-OH is 1. The van der Waals surface area contributed by atoms with Crippen LogP contribution < -0.4 is 0 Å². The van der Waals surface area contributed by atoms with Crippen molar-refractivity contribution in [1.29, 1.82) is 0 Å². The molecule has 3 aromatic rings. The number of benzene rings is 1. The lowest BCUT2D eigenvalue weighted by Crippen LogP contribution is -1.91. The fourth-order valence-corrected chi connectivity index (χ4v) is 3.42. The van der Waals surface area contributed by atoms with Crippen LogP contribution in [0.4, 0.5) is 8.78 Å². The SMILES string of the molecule is OCc1c(Sc2ccc(F)c(F)c2)nc2sccn12. The second-order valence-corrected chi connectivity index (χ2v) is 5.69. The summed E-state index contributed by atoms with van der Waals surface area (Å²) in [5.41, 5.74) is 0.644. The van der Waals surface area contributed by atoms with Crippen molar-refractivity contribution >= 4 is 28.1 Å². The van der Waals surface area contributed by atoms with Crippen LogP contribution >= 0.6 is 23.1 Å². The molecule has 19 heavy (non-hydrogen) atoms. The third-order valence-electron chi connectivity index (χ3n) is 2.58. The summed E-state index contributed by atoms with van der Waals surface area (Å²) in [7, 11) is 0. The molecule has 3 rings (SSSR count). The summed E-state index contributed by atoms with van der Waals surface area (Å²) < 4.78 is 27.8. The summed E-state index contributed by atoms with van der Waals surface area (Å²) in [6, 6.07) is 3.68. The Kier molecular flexibility index (Phi) is 3.26. The number of aliphatic hydroxyl groups is 1. The maximum Gasteiger partial charge on any atom is 0.195 e. The van der Waals surface area contributed by atoms with Gasteiger partial charge in [-0.2, -0.15) is 0 Å². The number of fused-ring (bicyclic) bond motifs is 1. The Balaban J connectivity index is 2.00. The summed E-state index contributed by atoms with van der Waals surface area (Å²) in [6.07, 6.45) is 1.81. The lowest BCUT2D eigenvalue weighted by Gasteiger charge is -2.01. The van der Waals surface area contributed by atoms with Gasteiger partial charge in [-0.1, -0.05) is 11.8 Å². The number of rotatable bonds is 3. The zero-order valence-corrected chi connectivity index (χ0v) is 11.1. The van der Waals surface area contributed by atoms with Gasteiger partial charge < -0.3 is 5.11 Å². The lowest BCUT2D eigenvalue weighted by molar-refractivity contribution is 0.272. The third-order valence-corrected chi connectivity index (χ3v) is 4.35. The quantitative estimate of drug-likeness (QED) is 0.806. The van der Waals surface area contributed by atoms with E-state index in [1.807, 2.05) is 11.6 Å². The molecule has 3 nitrogen and oxygen atoms in total. The number of halogens is 2. The molecule has 0 aliphatic heterocycles. The van der Waals surface area contributed by atoms with Crippen LogP contribution in [-0.4, -0.2) is 14.5 Å². The van der Waals surface area contributed by atoms with Gasteiger partial charge >= 0.3 is 0 Å². The van der Waals surface area contributed by atoms with Crippen LogP contribution in [0.5, 0.6) is 0 Å². The molecule has 0 saturated heterocycles. The molecule has 0 radical (unpaired) electrons. The Hall–Kier alpha value is -1.44. The minimum atomic E-state index is -0.892. The van der Waals surface area contributed by atoms with Gasteiger partial charge in [0.15, 0.2) is 16.6 Å². The van der Waals surface area contributed by atoms with Crippen molar-refractivity contribution in [2.45, 2.75) is 16.5 Å². The van der Waals surface area contributed by atoms with Crippen LogP contribution in [0.1, 0.15) is 5.69 Å². The Bertz CT molecular complexity index is 738. The first kappa shape index (κ1) is 12.6. The van der Waals surface area contributed by atoms with Crippen LogP contribution in [0, 0.1) is 11.6 Å². The lowest BCUT2D eigenvalue weighted by atomic mass is 10.3. The zero-order valence-electron chi connectivity index (χ0n) is 9.51. The number of hydrogen-bond acceptors (Lipinski definition) is 4. The van der Waals surface area contributed by atoms with Crippen LogP contribution in [0.25, 0.3) is 4.96 Å². The number of hydrogen-bond donors (Lipinski definition) is 1. The molecule has 7 heteroatoms. The smallest absolute Gasteiger partial charge is 0.195 e. The predicted molar refractivity (Wildman–Crippen MR) is 69.5 cm³/mol. The van der Waals surface area contributed by atoms with Gasteiger partial charge in [0.1, 0.15) is 5.03 Å². The highest BCUT2D eigenvalue weighted by atomic mass is 32.2. The van der Waals surface area contributed by atoms with E-state index in [4.69, 9.17) is 0 Å². The molecule has 0 spiro atoms. The average molecular weight is 298 g/mol. The van der Waals surface area contributed by atoms with Crippen molar-refractivity contribution < 1.29 is 13.9 Å². The molecule has 0 fully saturated rings. The molecular weight excluding hydrogens is 290 g/mol. The van der Waals surface area contributed by atoms with E-state index in [2.05, 4.69) is 4.98 Å². The van der Waals surface area contributed by atoms with Crippen LogP contribution in [-0.2, 0) is 6.61 Å². The summed E-state index contributed by atoms with van der Waals surface area (Å²) in [5, 5.41) is 11.9. The molecule has 0 unspecified atom stereocenters. The summed E-state index contributed by atoms with van der Waals surface area (Å²) >= 11 is 2.65. The summed E-state index contributed by atoms with van der Waals surface area (Å²) in [6.45, 7) is -0.163. The van der Waals surface area contributed by atoms with Crippen molar-refractivity contribution in [3.8, 4) is 0 Å². The standard InChI is InChI=1S/C12H8F2N2OS2/c13-8-2-1-7(5-9(8)14)19-11-10(6-17)16-3-4-18-12(16)15-11/h1-5,17H,6H2. The van der Waals surface area contributed by atoms with Gasteiger partial charge in [0.05, 0.1) is 12.3 Å². The van der Waals surface area contributed by atoms with Gasteiger partial charge in [0.25, 0.3) is 0 Å². The molecule has 0 amide bonds. The average Bonchev–Trinajstić information content (AvgIpc) is 2.94. The van der Waals surface area contributed by atoms with Gasteiger partial charge in [0, 0.05) is 16.5 Å². The molecule has 2 aromatic heterocycles. The third kappa shape index (κ3) is 2.24. The Morgan fingerprint density at radius 1 is 1.32 bits per heavy atom. The monoisotopic (exact) mass is 298 g/mol. The minimum Gasteiger partial charge on any atom is -0.390 e.